The molecule has 0 bridgehead atoms. The van der Waals surface area contributed by atoms with Crippen LogP contribution in [0.1, 0.15) is 21.5 Å². The topological polar surface area (TPSA) is 66.9 Å². The van der Waals surface area contributed by atoms with E-state index in [4.69, 9.17) is 11.6 Å². The first-order valence-electron chi connectivity index (χ1n) is 7.74. The maximum atomic E-state index is 12.3. The van der Waals surface area contributed by atoms with Crippen molar-refractivity contribution in [2.24, 2.45) is 0 Å². The molecular formula is C19H17ClN4O. The maximum Gasteiger partial charge on any atom is 0.258 e. The summed E-state index contributed by atoms with van der Waals surface area (Å²) in [6.07, 6.45) is 2.97. The van der Waals surface area contributed by atoms with Crippen LogP contribution in [-0.2, 0) is 0 Å². The molecule has 1 heterocycles. The van der Waals surface area contributed by atoms with Crippen molar-refractivity contribution in [1.29, 1.82) is 0 Å². The number of carbonyl (C=O) groups excluding carboxylic acids is 1. The third-order valence-electron chi connectivity index (χ3n) is 3.64. The van der Waals surface area contributed by atoms with Crippen LogP contribution in [0.2, 0.25) is 5.02 Å². The molecule has 1 aromatic heterocycles. The van der Waals surface area contributed by atoms with E-state index in [1.165, 1.54) is 12.4 Å². The average Bonchev–Trinajstić information content (AvgIpc) is 2.59. The van der Waals surface area contributed by atoms with Crippen LogP contribution < -0.4 is 10.6 Å². The maximum absolute atomic E-state index is 12.3. The Hall–Kier alpha value is -2.92. The summed E-state index contributed by atoms with van der Waals surface area (Å²) in [5.41, 5.74) is 4.04. The highest BCUT2D eigenvalue weighted by molar-refractivity contribution is 6.30. The molecule has 126 valence electrons. The van der Waals surface area contributed by atoms with E-state index in [1.807, 2.05) is 50.2 Å². The molecule has 0 aliphatic rings. The molecule has 5 nitrogen and oxygen atoms in total. The van der Waals surface area contributed by atoms with Crippen LogP contribution in [0.3, 0.4) is 0 Å². The van der Waals surface area contributed by atoms with Gasteiger partial charge in [0.2, 0.25) is 5.95 Å². The van der Waals surface area contributed by atoms with E-state index >= 15 is 0 Å². The Morgan fingerprint density at radius 1 is 1.04 bits per heavy atom. The fraction of sp³-hybridized carbons (Fsp3) is 0.105. The second kappa shape index (κ2) is 7.32. The van der Waals surface area contributed by atoms with Gasteiger partial charge in [0, 0.05) is 28.8 Å². The lowest BCUT2D eigenvalue weighted by Crippen LogP contribution is -2.13. The lowest BCUT2D eigenvalue weighted by Gasteiger charge is -2.09. The van der Waals surface area contributed by atoms with Gasteiger partial charge in [0.1, 0.15) is 0 Å². The summed E-state index contributed by atoms with van der Waals surface area (Å²) in [4.78, 5) is 20.7. The molecule has 3 aromatic rings. The molecule has 0 saturated heterocycles. The van der Waals surface area contributed by atoms with Crippen LogP contribution in [0.25, 0.3) is 0 Å². The number of halogens is 1. The zero-order valence-corrected chi connectivity index (χ0v) is 14.6. The van der Waals surface area contributed by atoms with Crippen LogP contribution >= 0.6 is 11.6 Å². The molecule has 0 saturated carbocycles. The molecule has 0 fully saturated rings. The third kappa shape index (κ3) is 4.33. The van der Waals surface area contributed by atoms with Crippen molar-refractivity contribution < 1.29 is 4.79 Å². The lowest BCUT2D eigenvalue weighted by molar-refractivity contribution is 0.102. The molecule has 3 rings (SSSR count). The highest BCUT2D eigenvalue weighted by Crippen LogP contribution is 2.22. The van der Waals surface area contributed by atoms with Crippen molar-refractivity contribution in [3.8, 4) is 0 Å². The highest BCUT2D eigenvalue weighted by atomic mass is 35.5. The van der Waals surface area contributed by atoms with Gasteiger partial charge in [0.25, 0.3) is 5.91 Å². The van der Waals surface area contributed by atoms with Gasteiger partial charge >= 0.3 is 0 Å². The van der Waals surface area contributed by atoms with E-state index in [-0.39, 0.29) is 5.91 Å². The molecule has 6 heteroatoms. The minimum Gasteiger partial charge on any atom is -0.324 e. The molecule has 0 aliphatic carbocycles. The number of nitrogens with zero attached hydrogens (tertiary/aromatic N) is 2. The molecule has 1 amide bonds. The Morgan fingerprint density at radius 2 is 1.80 bits per heavy atom. The van der Waals surface area contributed by atoms with E-state index in [9.17, 15) is 4.79 Å². The van der Waals surface area contributed by atoms with Gasteiger partial charge in [0.15, 0.2) is 0 Å². The number of benzene rings is 2. The smallest absolute Gasteiger partial charge is 0.258 e. The summed E-state index contributed by atoms with van der Waals surface area (Å²) >= 11 is 6.00. The first-order valence-corrected chi connectivity index (χ1v) is 8.12. The zero-order chi connectivity index (χ0) is 17.8. The third-order valence-corrected chi connectivity index (χ3v) is 3.87. The molecule has 2 aromatic carbocycles. The zero-order valence-electron chi connectivity index (χ0n) is 13.9. The van der Waals surface area contributed by atoms with Gasteiger partial charge in [0.05, 0.1) is 5.56 Å². The Balaban J connectivity index is 1.71. The van der Waals surface area contributed by atoms with Gasteiger partial charge in [-0.15, -0.1) is 0 Å². The molecule has 0 atom stereocenters. The Kier molecular flexibility index (Phi) is 4.95. The number of hydrogen-bond donors (Lipinski definition) is 2. The van der Waals surface area contributed by atoms with Gasteiger partial charge < -0.3 is 10.6 Å². The predicted octanol–water partition coefficient (Wildman–Crippen LogP) is 4.74. The lowest BCUT2D eigenvalue weighted by atomic mass is 10.2. The van der Waals surface area contributed by atoms with Gasteiger partial charge in [-0.1, -0.05) is 29.8 Å². The van der Waals surface area contributed by atoms with Crippen molar-refractivity contribution >= 4 is 34.8 Å². The van der Waals surface area contributed by atoms with E-state index in [1.54, 1.807) is 6.07 Å². The van der Waals surface area contributed by atoms with E-state index < -0.39 is 0 Å². The number of aromatic nitrogens is 2. The summed E-state index contributed by atoms with van der Waals surface area (Å²) in [6.45, 7) is 3.93. The van der Waals surface area contributed by atoms with Gasteiger partial charge in [-0.2, -0.15) is 0 Å². The van der Waals surface area contributed by atoms with Crippen LogP contribution in [0.4, 0.5) is 17.3 Å². The van der Waals surface area contributed by atoms with Crippen molar-refractivity contribution in [2.45, 2.75) is 13.8 Å². The molecule has 0 unspecified atom stereocenters. The highest BCUT2D eigenvalue weighted by Gasteiger charge is 2.09. The average molecular weight is 353 g/mol. The van der Waals surface area contributed by atoms with E-state index in [0.29, 0.717) is 16.5 Å². The first-order chi connectivity index (χ1) is 12.0. The van der Waals surface area contributed by atoms with Crippen molar-refractivity contribution in [3.05, 3.63) is 76.6 Å². The van der Waals surface area contributed by atoms with E-state index in [2.05, 4.69) is 20.6 Å². The molecule has 25 heavy (non-hydrogen) atoms. The quantitative estimate of drug-likeness (QED) is 0.711. The van der Waals surface area contributed by atoms with Crippen molar-refractivity contribution in [2.75, 3.05) is 10.6 Å². The predicted molar refractivity (Wildman–Crippen MR) is 101 cm³/mol. The Bertz CT molecular complexity index is 910. The van der Waals surface area contributed by atoms with Crippen LogP contribution in [0.15, 0.2) is 54.9 Å². The number of amides is 1. The van der Waals surface area contributed by atoms with Crippen LogP contribution in [-0.4, -0.2) is 15.9 Å². The van der Waals surface area contributed by atoms with Crippen LogP contribution in [0.5, 0.6) is 0 Å². The van der Waals surface area contributed by atoms with Crippen molar-refractivity contribution in [1.82, 2.24) is 9.97 Å². The monoisotopic (exact) mass is 352 g/mol. The van der Waals surface area contributed by atoms with Crippen LogP contribution in [0, 0.1) is 13.8 Å². The second-order valence-electron chi connectivity index (χ2n) is 5.70. The summed E-state index contributed by atoms with van der Waals surface area (Å²) < 4.78 is 0. The second-order valence-corrected chi connectivity index (χ2v) is 6.14. The SMILES string of the molecule is Cc1cccc(NC(=O)c2cnc(Nc3cc(Cl)ccc3C)nc2)c1. The minimum absolute atomic E-state index is 0.254. The standard InChI is InChI=1S/C19H17ClN4O/c1-12-4-3-5-16(8-12)23-18(25)14-10-21-19(22-11-14)24-17-9-15(20)7-6-13(17)2/h3-11H,1-2H3,(H,23,25)(H,21,22,24). The van der Waals surface area contributed by atoms with Gasteiger partial charge in [-0.25, -0.2) is 9.97 Å². The number of anilines is 3. The number of hydrogen-bond acceptors (Lipinski definition) is 4. The Morgan fingerprint density at radius 3 is 2.52 bits per heavy atom. The normalized spacial score (nSPS) is 10.4. The number of carbonyl (C=O) groups is 1. The molecule has 0 aliphatic heterocycles. The largest absolute Gasteiger partial charge is 0.324 e. The molecular weight excluding hydrogens is 336 g/mol. The Labute approximate surface area is 151 Å². The number of aryl methyl sites for hydroxylation is 2. The molecule has 2 N–H and O–H groups in total. The molecule has 0 spiro atoms. The summed E-state index contributed by atoms with van der Waals surface area (Å²) in [5.74, 6) is 0.147. The number of nitrogens with one attached hydrogen (secondary N) is 2. The van der Waals surface area contributed by atoms with E-state index in [0.717, 1.165) is 22.5 Å². The van der Waals surface area contributed by atoms with Crippen molar-refractivity contribution in [3.63, 3.8) is 0 Å². The van der Waals surface area contributed by atoms with Gasteiger partial charge in [-0.3, -0.25) is 4.79 Å². The summed E-state index contributed by atoms with van der Waals surface area (Å²) in [5, 5.41) is 6.55. The summed E-state index contributed by atoms with van der Waals surface area (Å²) in [7, 11) is 0. The number of rotatable bonds is 4. The first kappa shape index (κ1) is 16.9. The fourth-order valence-electron chi connectivity index (χ4n) is 2.29. The molecule has 0 radical (unpaired) electrons. The van der Waals surface area contributed by atoms with Gasteiger partial charge in [-0.05, 0) is 49.2 Å². The fourth-order valence-corrected chi connectivity index (χ4v) is 2.46. The minimum atomic E-state index is -0.254. The summed E-state index contributed by atoms with van der Waals surface area (Å²) in [6, 6.07) is 13.1.